The van der Waals surface area contributed by atoms with Gasteiger partial charge in [-0.25, -0.2) is 0 Å². The molecule has 0 radical (unpaired) electrons. The van der Waals surface area contributed by atoms with E-state index in [1.807, 2.05) is 18.2 Å². The van der Waals surface area contributed by atoms with Crippen molar-refractivity contribution >= 4 is 0 Å². The van der Waals surface area contributed by atoms with Crippen LogP contribution in [0.2, 0.25) is 0 Å². The molecule has 0 saturated heterocycles. The van der Waals surface area contributed by atoms with Crippen molar-refractivity contribution in [3.05, 3.63) is 42.0 Å². The Kier molecular flexibility index (Phi) is 6.47. The van der Waals surface area contributed by atoms with Gasteiger partial charge < -0.3 is 4.74 Å². The highest BCUT2D eigenvalue weighted by atomic mass is 16.5. The molecule has 0 aliphatic carbocycles. The van der Waals surface area contributed by atoms with E-state index >= 15 is 0 Å². The molecule has 0 aromatic heterocycles. The molecular weight excluding hydrogens is 224 g/mol. The van der Waals surface area contributed by atoms with Gasteiger partial charge in [0.05, 0.1) is 6.61 Å². The molecule has 100 valence electrons. The SMILES string of the molecule is C=C(CC)CC(NN)c1cccc(OCCC)c1. The highest BCUT2D eigenvalue weighted by Crippen LogP contribution is 2.24. The first-order valence-electron chi connectivity index (χ1n) is 6.56. The van der Waals surface area contributed by atoms with E-state index < -0.39 is 0 Å². The van der Waals surface area contributed by atoms with Crippen molar-refractivity contribution in [3.8, 4) is 5.75 Å². The number of ether oxygens (including phenoxy) is 1. The molecule has 0 saturated carbocycles. The van der Waals surface area contributed by atoms with Crippen molar-refractivity contribution in [1.29, 1.82) is 0 Å². The van der Waals surface area contributed by atoms with Crippen LogP contribution in [0.15, 0.2) is 36.4 Å². The maximum Gasteiger partial charge on any atom is 0.119 e. The van der Waals surface area contributed by atoms with E-state index in [1.54, 1.807) is 0 Å². The van der Waals surface area contributed by atoms with Crippen molar-refractivity contribution in [3.63, 3.8) is 0 Å². The summed E-state index contributed by atoms with van der Waals surface area (Å²) in [6.45, 7) is 8.98. The van der Waals surface area contributed by atoms with Crippen LogP contribution in [0.25, 0.3) is 0 Å². The largest absolute Gasteiger partial charge is 0.494 e. The third-order valence-electron chi connectivity index (χ3n) is 2.93. The average molecular weight is 248 g/mol. The van der Waals surface area contributed by atoms with Gasteiger partial charge in [0.1, 0.15) is 5.75 Å². The van der Waals surface area contributed by atoms with Crippen LogP contribution in [-0.2, 0) is 0 Å². The minimum Gasteiger partial charge on any atom is -0.494 e. The first-order valence-corrected chi connectivity index (χ1v) is 6.56. The second-order valence-corrected chi connectivity index (χ2v) is 4.45. The summed E-state index contributed by atoms with van der Waals surface area (Å²) >= 11 is 0. The van der Waals surface area contributed by atoms with E-state index in [-0.39, 0.29) is 6.04 Å². The zero-order chi connectivity index (χ0) is 13.4. The Labute approximate surface area is 110 Å². The lowest BCUT2D eigenvalue weighted by atomic mass is 9.99. The van der Waals surface area contributed by atoms with Crippen LogP contribution in [0.5, 0.6) is 5.75 Å². The Morgan fingerprint density at radius 1 is 1.44 bits per heavy atom. The molecule has 0 fully saturated rings. The lowest BCUT2D eigenvalue weighted by molar-refractivity contribution is 0.316. The number of hydrazine groups is 1. The highest BCUT2D eigenvalue weighted by Gasteiger charge is 2.11. The topological polar surface area (TPSA) is 47.3 Å². The summed E-state index contributed by atoms with van der Waals surface area (Å²) in [4.78, 5) is 0. The van der Waals surface area contributed by atoms with Crippen molar-refractivity contribution in [2.24, 2.45) is 5.84 Å². The summed E-state index contributed by atoms with van der Waals surface area (Å²) in [6, 6.07) is 8.18. The van der Waals surface area contributed by atoms with E-state index in [2.05, 4.69) is 31.9 Å². The fourth-order valence-corrected chi connectivity index (χ4v) is 1.75. The molecule has 3 heteroatoms. The molecule has 1 atom stereocenters. The highest BCUT2D eigenvalue weighted by molar-refractivity contribution is 5.31. The van der Waals surface area contributed by atoms with Crippen LogP contribution in [0.4, 0.5) is 0 Å². The molecule has 0 amide bonds. The molecule has 0 aliphatic rings. The molecule has 1 rings (SSSR count). The van der Waals surface area contributed by atoms with Crippen molar-refractivity contribution in [2.45, 2.75) is 39.2 Å². The van der Waals surface area contributed by atoms with Gasteiger partial charge in [-0.3, -0.25) is 11.3 Å². The number of nitrogens with two attached hydrogens (primary N) is 1. The number of nitrogens with one attached hydrogen (secondary N) is 1. The summed E-state index contributed by atoms with van der Waals surface area (Å²) in [5.74, 6) is 6.53. The first-order chi connectivity index (χ1) is 8.71. The minimum atomic E-state index is 0.0997. The Balaban J connectivity index is 2.75. The van der Waals surface area contributed by atoms with Crippen molar-refractivity contribution in [1.82, 2.24) is 5.43 Å². The van der Waals surface area contributed by atoms with Gasteiger partial charge >= 0.3 is 0 Å². The van der Waals surface area contributed by atoms with Gasteiger partial charge in [-0.2, -0.15) is 0 Å². The van der Waals surface area contributed by atoms with Gasteiger partial charge in [0.2, 0.25) is 0 Å². The van der Waals surface area contributed by atoms with Gasteiger partial charge in [-0.15, -0.1) is 0 Å². The van der Waals surface area contributed by atoms with Crippen molar-refractivity contribution < 1.29 is 4.74 Å². The summed E-state index contributed by atoms with van der Waals surface area (Å²) in [6.07, 6.45) is 2.84. The number of hydrogen-bond donors (Lipinski definition) is 2. The predicted octanol–water partition coefficient (Wildman–Crippen LogP) is 3.34. The monoisotopic (exact) mass is 248 g/mol. The van der Waals surface area contributed by atoms with Gasteiger partial charge in [-0.1, -0.05) is 38.1 Å². The van der Waals surface area contributed by atoms with Gasteiger partial charge in [0.15, 0.2) is 0 Å². The molecule has 1 aromatic carbocycles. The first kappa shape index (κ1) is 14.7. The van der Waals surface area contributed by atoms with Crippen molar-refractivity contribution in [2.75, 3.05) is 6.61 Å². The molecule has 3 N–H and O–H groups in total. The Bertz CT molecular complexity index is 377. The van der Waals surface area contributed by atoms with Crippen LogP contribution in [-0.4, -0.2) is 6.61 Å². The Hall–Kier alpha value is -1.32. The normalized spacial score (nSPS) is 12.2. The summed E-state index contributed by atoms with van der Waals surface area (Å²) in [5.41, 5.74) is 5.18. The standard InChI is InChI=1S/C15H24N2O/c1-4-9-18-14-8-6-7-13(11-14)15(17-16)10-12(3)5-2/h6-8,11,15,17H,3-5,9-10,16H2,1-2H3. The number of benzene rings is 1. The smallest absolute Gasteiger partial charge is 0.119 e. The lowest BCUT2D eigenvalue weighted by Crippen LogP contribution is -2.28. The third kappa shape index (κ3) is 4.51. The molecule has 1 aromatic rings. The molecule has 0 spiro atoms. The minimum absolute atomic E-state index is 0.0997. The lowest BCUT2D eigenvalue weighted by Gasteiger charge is -2.18. The Morgan fingerprint density at radius 3 is 2.83 bits per heavy atom. The van der Waals surface area contributed by atoms with E-state index in [4.69, 9.17) is 10.6 Å². The maximum absolute atomic E-state index is 5.63. The van der Waals surface area contributed by atoms with Crippen LogP contribution < -0.4 is 16.0 Å². The van der Waals surface area contributed by atoms with E-state index in [0.29, 0.717) is 0 Å². The summed E-state index contributed by atoms with van der Waals surface area (Å²) < 4.78 is 5.63. The van der Waals surface area contributed by atoms with Gasteiger partial charge in [-0.05, 0) is 37.0 Å². The maximum atomic E-state index is 5.63. The average Bonchev–Trinajstić information content (AvgIpc) is 2.42. The zero-order valence-electron chi connectivity index (χ0n) is 11.4. The molecule has 0 heterocycles. The molecule has 0 aliphatic heterocycles. The molecular formula is C15H24N2O. The van der Waals surface area contributed by atoms with E-state index in [0.717, 1.165) is 37.2 Å². The van der Waals surface area contributed by atoms with Crippen LogP contribution in [0.1, 0.15) is 44.7 Å². The third-order valence-corrected chi connectivity index (χ3v) is 2.93. The predicted molar refractivity (Wildman–Crippen MR) is 76.3 cm³/mol. The fraction of sp³-hybridized carbons (Fsp3) is 0.467. The number of rotatable bonds is 8. The second kappa shape index (κ2) is 7.90. The quantitative estimate of drug-likeness (QED) is 0.421. The van der Waals surface area contributed by atoms with Crippen LogP contribution >= 0.6 is 0 Å². The molecule has 3 nitrogen and oxygen atoms in total. The van der Waals surface area contributed by atoms with E-state index in [1.165, 1.54) is 5.57 Å². The van der Waals surface area contributed by atoms with Gasteiger partial charge in [0, 0.05) is 6.04 Å². The van der Waals surface area contributed by atoms with Gasteiger partial charge in [0.25, 0.3) is 0 Å². The fourth-order valence-electron chi connectivity index (χ4n) is 1.75. The van der Waals surface area contributed by atoms with Crippen LogP contribution in [0, 0.1) is 0 Å². The Morgan fingerprint density at radius 2 is 2.22 bits per heavy atom. The zero-order valence-corrected chi connectivity index (χ0v) is 11.4. The summed E-state index contributed by atoms with van der Waals surface area (Å²) in [7, 11) is 0. The van der Waals surface area contributed by atoms with E-state index in [9.17, 15) is 0 Å². The number of hydrogen-bond acceptors (Lipinski definition) is 3. The summed E-state index contributed by atoms with van der Waals surface area (Å²) in [5, 5.41) is 0. The molecule has 1 unspecified atom stereocenters. The molecule has 0 bridgehead atoms. The second-order valence-electron chi connectivity index (χ2n) is 4.45. The van der Waals surface area contributed by atoms with Crippen LogP contribution in [0.3, 0.4) is 0 Å². The molecule has 18 heavy (non-hydrogen) atoms.